The Morgan fingerprint density at radius 2 is 0.784 bits per heavy atom. The predicted octanol–water partition coefficient (Wildman–Crippen LogP) is -8.73. The second-order valence-corrected chi connectivity index (χ2v) is 27.8. The molecule has 2 aromatic rings. The first-order valence-corrected chi connectivity index (χ1v) is 38.6. The first-order chi connectivity index (χ1) is 54.9. The summed E-state index contributed by atoms with van der Waals surface area (Å²) in [6, 6.07) is -2.37. The Morgan fingerprint density at radius 3 is 1.22 bits per heavy atom. The highest BCUT2D eigenvalue weighted by atomic mass is 32.1. The number of benzene rings is 2. The Hall–Kier alpha value is -11.5. The number of thiol groups is 2. The number of carbonyl (C=O) groups excluding carboxylic acids is 15. The summed E-state index contributed by atoms with van der Waals surface area (Å²) in [6.07, 6.45) is -0.368. The van der Waals surface area contributed by atoms with E-state index in [1.54, 1.807) is 81.4 Å². The molecular formula is C71H114N24O19S2. The molecule has 0 saturated carbocycles. The lowest BCUT2D eigenvalue weighted by atomic mass is 9.96. The number of amides is 14. The number of rotatable bonds is 55. The standard InChI is InChI=1S/C71H114N24O19S2/c1-6-37(3)55(94-60(106)44(22-15-25-80-70(75)76)86-53(100)31-82-52(99)30-83-59(105)46(27-40-17-10-8-11-18-40)88-57(103)39(5)84-65(111)50(35-115)92-64(110)49(34-98)91-58(104)43(72)33-97)67(113)90-48(29-54(101)102)63(109)87-45(23-16-26-81-71(77)78)61(107)95-56(38(4)7-2)68(114)93-51(36-116)66(112)89-47(28-41-19-12-9-13-20-41)62(108)85-42(32-96)21-14-24-79-69(73)74/h8-13,17-20,32,37-39,42-51,55-56,97-98,115-116H,6-7,14-16,21-31,33-36,72H2,1-5H3,(H,82,99)(H,83,105)(H,84,111)(H,85,108)(H,86,100)(H,87,109)(H,88,103)(H,89,112)(H,90,113)(H,91,104)(H,92,110)(H,93,114)(H,94,106)(H,95,107)(H,101,102)(H4,73,74,79)(H4,75,76,80)(H4,77,78,81)/t37-,38-,39+,42-,43-,44-,45-,46-,47-,48-,49-,50+,51-,55-,56-/m0/s1. The highest BCUT2D eigenvalue weighted by molar-refractivity contribution is 7.80. The first kappa shape index (κ1) is 101. The van der Waals surface area contributed by atoms with E-state index in [4.69, 9.17) is 44.3 Å². The number of aliphatic hydroxyl groups is 2. The minimum Gasteiger partial charge on any atom is -0.481 e. The van der Waals surface area contributed by atoms with Crippen LogP contribution in [0.5, 0.6) is 0 Å². The van der Waals surface area contributed by atoms with Gasteiger partial charge in [0.15, 0.2) is 17.9 Å². The Kier molecular flexibility index (Phi) is 47.1. The summed E-state index contributed by atoms with van der Waals surface area (Å²) < 4.78 is 0. The molecular weight excluding hydrogens is 1560 g/mol. The van der Waals surface area contributed by atoms with E-state index in [9.17, 15) is 86.9 Å². The van der Waals surface area contributed by atoms with Crippen LogP contribution in [0.25, 0.3) is 0 Å². The number of guanidine groups is 3. The molecule has 0 aliphatic heterocycles. The quantitative estimate of drug-likeness (QED) is 0.00961. The number of nitrogens with two attached hydrogens (primary N) is 4. The van der Waals surface area contributed by atoms with Crippen LogP contribution in [-0.4, -0.2) is 264 Å². The van der Waals surface area contributed by atoms with Gasteiger partial charge in [0.05, 0.1) is 38.8 Å². The molecule has 0 aliphatic rings. The van der Waals surface area contributed by atoms with Crippen LogP contribution in [0.15, 0.2) is 60.7 Å². The van der Waals surface area contributed by atoms with Crippen molar-refractivity contribution >= 4 is 138 Å². The van der Waals surface area contributed by atoms with Crippen LogP contribution < -0.4 is 113 Å². The van der Waals surface area contributed by atoms with Crippen molar-refractivity contribution in [2.24, 2.45) is 34.8 Å². The second kappa shape index (κ2) is 54.4. The lowest BCUT2D eigenvalue weighted by molar-refractivity contribution is -0.142. The summed E-state index contributed by atoms with van der Waals surface area (Å²) in [6.45, 7) is 4.57. The number of aliphatic carboxylic acids is 1. The van der Waals surface area contributed by atoms with Gasteiger partial charge in [-0.3, -0.25) is 88.1 Å². The van der Waals surface area contributed by atoms with Gasteiger partial charge in [-0.25, -0.2) is 0 Å². The van der Waals surface area contributed by atoms with Crippen molar-refractivity contribution in [1.82, 2.24) is 90.4 Å². The molecule has 45 heteroatoms. The number of carboxylic acids is 1. The van der Waals surface area contributed by atoms with Gasteiger partial charge in [0.25, 0.3) is 0 Å². The van der Waals surface area contributed by atoms with E-state index in [1.807, 2.05) is 0 Å². The van der Waals surface area contributed by atoms with Crippen molar-refractivity contribution in [3.8, 4) is 0 Å². The fourth-order valence-corrected chi connectivity index (χ4v) is 11.3. The van der Waals surface area contributed by atoms with E-state index in [2.05, 4.69) is 116 Å². The molecule has 116 heavy (non-hydrogen) atoms. The summed E-state index contributed by atoms with van der Waals surface area (Å²) in [5.41, 5.74) is 22.9. The molecule has 0 saturated heterocycles. The molecule has 15 atom stereocenters. The summed E-state index contributed by atoms with van der Waals surface area (Å²) in [5, 5.41) is 93.5. The van der Waals surface area contributed by atoms with Gasteiger partial charge in [-0.05, 0) is 68.4 Å². The maximum absolute atomic E-state index is 14.5. The number of hydrogen-bond acceptors (Lipinski definition) is 24. The number of nitrogens with one attached hydrogen (secondary N) is 20. The molecule has 0 aromatic heterocycles. The summed E-state index contributed by atoms with van der Waals surface area (Å²) in [7, 11) is 0. The fraction of sp³-hybridized carbons (Fsp3) is 0.563. The normalized spacial score (nSPS) is 14.7. The van der Waals surface area contributed by atoms with Crippen molar-refractivity contribution in [2.75, 3.05) is 57.4 Å². The van der Waals surface area contributed by atoms with Crippen molar-refractivity contribution in [1.29, 1.82) is 16.2 Å². The Labute approximate surface area is 681 Å². The molecule has 2 rings (SSSR count). The third-order valence-corrected chi connectivity index (χ3v) is 18.5. The highest BCUT2D eigenvalue weighted by Gasteiger charge is 2.38. The van der Waals surface area contributed by atoms with Gasteiger partial charge in [0.2, 0.25) is 82.7 Å². The summed E-state index contributed by atoms with van der Waals surface area (Å²) in [4.78, 5) is 217. The van der Waals surface area contributed by atoms with Crippen LogP contribution in [0, 0.1) is 28.1 Å². The van der Waals surface area contributed by atoms with E-state index >= 15 is 0 Å². The smallest absolute Gasteiger partial charge is 0.305 e. The monoisotopic (exact) mass is 1670 g/mol. The Bertz CT molecular complexity index is 3650. The van der Waals surface area contributed by atoms with Gasteiger partial charge in [-0.15, -0.1) is 0 Å². The molecule has 0 bridgehead atoms. The summed E-state index contributed by atoms with van der Waals surface area (Å²) >= 11 is 8.40. The van der Waals surface area contributed by atoms with Crippen molar-refractivity contribution in [3.05, 3.63) is 71.8 Å². The topological polar surface area (TPSA) is 714 Å². The molecule has 31 N–H and O–H groups in total. The van der Waals surface area contributed by atoms with E-state index in [1.165, 1.54) is 13.8 Å². The second-order valence-electron chi connectivity index (χ2n) is 27.0. The fourth-order valence-electron chi connectivity index (χ4n) is 10.7. The molecule has 0 unspecified atom stereocenters. The molecule has 644 valence electrons. The molecule has 0 radical (unpaired) electrons. The average Bonchev–Trinajstić information content (AvgIpc) is 0.854. The number of aldehydes is 1. The zero-order valence-corrected chi connectivity index (χ0v) is 67.0. The minimum atomic E-state index is -1.98. The van der Waals surface area contributed by atoms with Gasteiger partial charge in [0, 0.05) is 44.0 Å². The molecule has 43 nitrogen and oxygen atoms in total. The molecule has 2 aromatic carbocycles. The van der Waals surface area contributed by atoms with E-state index in [0.717, 1.165) is 0 Å². The van der Waals surface area contributed by atoms with Crippen LogP contribution in [0.3, 0.4) is 0 Å². The SMILES string of the molecule is CC[C@H](C)[C@H](NC(=O)[C@H](CCCNC(=N)N)NC(=O)CNC(=O)CNC(=O)[C@H](Cc1ccccc1)NC(=O)[C@@H](C)NC(=O)[C@@H](CS)NC(=O)[C@H](CO)NC(=O)[C@@H](N)CO)C(=O)N[C@@H](CC(=O)O)C(=O)N[C@@H](CCCNC(=N)N)C(=O)N[C@H](C(=O)N[C@@H](CS)C(=O)N[C@@H](Cc1ccccc1)C(=O)N[C@H](C=O)CCCNC(=N)N)[C@@H](C)CC. The maximum Gasteiger partial charge on any atom is 0.305 e. The van der Waals surface area contributed by atoms with Crippen LogP contribution in [0.4, 0.5) is 0 Å². The largest absolute Gasteiger partial charge is 0.481 e. The molecule has 0 fully saturated rings. The van der Waals surface area contributed by atoms with Crippen LogP contribution in [0.2, 0.25) is 0 Å². The Morgan fingerprint density at radius 1 is 0.414 bits per heavy atom. The van der Waals surface area contributed by atoms with Crippen LogP contribution in [0.1, 0.15) is 104 Å². The van der Waals surface area contributed by atoms with Gasteiger partial charge in [-0.1, -0.05) is 101 Å². The van der Waals surface area contributed by atoms with Gasteiger partial charge >= 0.3 is 5.97 Å². The van der Waals surface area contributed by atoms with Gasteiger partial charge in [0.1, 0.15) is 78.8 Å². The zero-order chi connectivity index (χ0) is 87.1. The lowest BCUT2D eigenvalue weighted by Gasteiger charge is -2.30. The van der Waals surface area contributed by atoms with E-state index in [-0.39, 0.29) is 94.9 Å². The van der Waals surface area contributed by atoms with Crippen LogP contribution >= 0.6 is 25.3 Å². The van der Waals surface area contributed by atoms with Crippen LogP contribution in [-0.2, 0) is 89.6 Å². The highest BCUT2D eigenvalue weighted by Crippen LogP contribution is 2.15. The number of hydrogen-bond donors (Lipinski definition) is 29. The van der Waals surface area contributed by atoms with E-state index < -0.39 is 224 Å². The van der Waals surface area contributed by atoms with Gasteiger partial charge in [-0.2, -0.15) is 25.3 Å². The van der Waals surface area contributed by atoms with Crippen molar-refractivity contribution in [2.45, 2.75) is 184 Å². The molecule has 0 heterocycles. The van der Waals surface area contributed by atoms with Crippen molar-refractivity contribution in [3.63, 3.8) is 0 Å². The predicted molar refractivity (Wildman–Crippen MR) is 430 cm³/mol. The molecule has 0 aliphatic carbocycles. The average molecular weight is 1670 g/mol. The number of carbonyl (C=O) groups is 16. The van der Waals surface area contributed by atoms with Crippen molar-refractivity contribution < 1.29 is 92.0 Å². The minimum absolute atomic E-state index is 0.00217. The van der Waals surface area contributed by atoms with Gasteiger partial charge < -0.3 is 133 Å². The lowest BCUT2D eigenvalue weighted by Crippen LogP contribution is -2.62. The summed E-state index contributed by atoms with van der Waals surface area (Å²) in [5.74, 6) is -18.6. The Balaban J connectivity index is 2.38. The maximum atomic E-state index is 14.5. The zero-order valence-electron chi connectivity index (χ0n) is 65.2. The third-order valence-electron chi connectivity index (χ3n) is 17.8. The van der Waals surface area contributed by atoms with E-state index in [0.29, 0.717) is 23.8 Å². The number of aliphatic hydroxyl groups excluding tert-OH is 2. The third kappa shape index (κ3) is 38.6. The number of carboxylic acid groups (broad SMARTS) is 1. The molecule has 14 amide bonds. The first-order valence-electron chi connectivity index (χ1n) is 37.3. The molecule has 0 spiro atoms.